The monoisotopic (exact) mass is 287 g/mol. The third-order valence-electron chi connectivity index (χ3n) is 3.41. The van der Waals surface area contributed by atoms with Crippen LogP contribution in [0.2, 0.25) is 0 Å². The molecule has 2 aromatic rings. The molecule has 108 valence electrons. The number of carbonyl (C=O) groups excluding carboxylic acids is 1. The van der Waals surface area contributed by atoms with Crippen LogP contribution in [0.5, 0.6) is 0 Å². The summed E-state index contributed by atoms with van der Waals surface area (Å²) in [6.45, 7) is 0.956. The average Bonchev–Trinajstić information content (AvgIpc) is 2.87. The van der Waals surface area contributed by atoms with Crippen molar-refractivity contribution >= 4 is 17.6 Å². The fraction of sp³-hybridized carbons (Fsp3) is 0.231. The molecular formula is C13H13N5O3. The van der Waals surface area contributed by atoms with E-state index in [1.165, 1.54) is 10.9 Å². The van der Waals surface area contributed by atoms with Gasteiger partial charge in [-0.3, -0.25) is 4.79 Å². The van der Waals surface area contributed by atoms with E-state index in [4.69, 9.17) is 10.8 Å². The Kier molecular flexibility index (Phi) is 3.05. The number of nitrogens with two attached hydrogens (primary N) is 1. The van der Waals surface area contributed by atoms with Crippen LogP contribution in [-0.4, -0.2) is 50.0 Å². The van der Waals surface area contributed by atoms with Crippen LogP contribution in [0.4, 0.5) is 5.69 Å². The Balaban J connectivity index is 1.63. The Morgan fingerprint density at radius 3 is 2.48 bits per heavy atom. The number of carbonyl (C=O) groups is 2. The third-order valence-corrected chi connectivity index (χ3v) is 3.41. The van der Waals surface area contributed by atoms with Gasteiger partial charge in [0, 0.05) is 24.3 Å². The number of nitrogen functional groups attached to an aromatic ring is 1. The summed E-state index contributed by atoms with van der Waals surface area (Å²) >= 11 is 0. The van der Waals surface area contributed by atoms with E-state index < -0.39 is 5.97 Å². The Bertz CT molecular complexity index is 688. The minimum absolute atomic E-state index is 0.0386. The number of hydrogen-bond donors (Lipinski definition) is 2. The maximum Gasteiger partial charge on any atom is 0.358 e. The lowest BCUT2D eigenvalue weighted by Crippen LogP contribution is -2.50. The summed E-state index contributed by atoms with van der Waals surface area (Å²) in [5, 5.41) is 16.1. The minimum atomic E-state index is -1.12. The zero-order valence-electron chi connectivity index (χ0n) is 11.0. The van der Waals surface area contributed by atoms with Crippen LogP contribution in [0, 0.1) is 0 Å². The highest BCUT2D eigenvalue weighted by atomic mass is 16.4. The standard InChI is InChI=1S/C13H13N5O3/c14-9-3-1-8(2-4-9)12(19)17-5-10(6-17)18-7-11(13(20)21)15-16-18/h1-4,7,10H,5-6,14H2,(H,20,21). The first kappa shape index (κ1) is 13.1. The lowest BCUT2D eigenvalue weighted by atomic mass is 10.1. The molecule has 0 atom stereocenters. The number of rotatable bonds is 3. The Hall–Kier alpha value is -2.90. The van der Waals surface area contributed by atoms with Gasteiger partial charge in [-0.2, -0.15) is 0 Å². The summed E-state index contributed by atoms with van der Waals surface area (Å²) in [5.74, 6) is -1.19. The molecule has 3 N–H and O–H groups in total. The second-order valence-corrected chi connectivity index (χ2v) is 4.87. The largest absolute Gasteiger partial charge is 0.476 e. The number of benzene rings is 1. The smallest absolute Gasteiger partial charge is 0.358 e. The number of aromatic carboxylic acids is 1. The van der Waals surface area contributed by atoms with Gasteiger partial charge in [0.15, 0.2) is 5.69 Å². The molecule has 1 aliphatic rings. The van der Waals surface area contributed by atoms with Crippen LogP contribution in [0.25, 0.3) is 0 Å². The van der Waals surface area contributed by atoms with E-state index in [1.54, 1.807) is 29.2 Å². The second-order valence-electron chi connectivity index (χ2n) is 4.87. The van der Waals surface area contributed by atoms with E-state index in [1.807, 2.05) is 0 Å². The summed E-state index contributed by atoms with van der Waals surface area (Å²) in [7, 11) is 0. The number of hydrogen-bond acceptors (Lipinski definition) is 5. The topological polar surface area (TPSA) is 114 Å². The summed E-state index contributed by atoms with van der Waals surface area (Å²) in [5.41, 5.74) is 6.67. The Morgan fingerprint density at radius 2 is 1.90 bits per heavy atom. The van der Waals surface area contributed by atoms with Crippen molar-refractivity contribution in [1.29, 1.82) is 0 Å². The quantitative estimate of drug-likeness (QED) is 0.782. The molecule has 0 bridgehead atoms. The molecule has 3 rings (SSSR count). The molecule has 0 aliphatic carbocycles. The molecule has 0 radical (unpaired) electrons. The average molecular weight is 287 g/mol. The molecule has 1 saturated heterocycles. The molecule has 8 heteroatoms. The highest BCUT2D eigenvalue weighted by Gasteiger charge is 2.33. The first-order valence-corrected chi connectivity index (χ1v) is 6.34. The van der Waals surface area contributed by atoms with Crippen LogP contribution in [-0.2, 0) is 0 Å². The van der Waals surface area contributed by atoms with Crippen molar-refractivity contribution in [1.82, 2.24) is 19.9 Å². The molecule has 1 aromatic heterocycles. The van der Waals surface area contributed by atoms with E-state index in [0.717, 1.165) is 0 Å². The van der Waals surface area contributed by atoms with E-state index in [0.29, 0.717) is 24.3 Å². The molecule has 0 unspecified atom stereocenters. The first-order valence-electron chi connectivity index (χ1n) is 6.34. The van der Waals surface area contributed by atoms with Gasteiger partial charge in [-0.1, -0.05) is 5.21 Å². The van der Waals surface area contributed by atoms with Gasteiger partial charge in [0.1, 0.15) is 0 Å². The molecule has 8 nitrogen and oxygen atoms in total. The fourth-order valence-corrected chi connectivity index (χ4v) is 2.15. The predicted molar refractivity (Wildman–Crippen MR) is 72.8 cm³/mol. The molecular weight excluding hydrogens is 274 g/mol. The van der Waals surface area contributed by atoms with Gasteiger partial charge in [0.05, 0.1) is 12.2 Å². The summed E-state index contributed by atoms with van der Waals surface area (Å²) < 4.78 is 1.48. The molecule has 0 saturated carbocycles. The van der Waals surface area contributed by atoms with Gasteiger partial charge >= 0.3 is 5.97 Å². The number of nitrogens with zero attached hydrogens (tertiary/aromatic N) is 4. The fourth-order valence-electron chi connectivity index (χ4n) is 2.15. The maximum atomic E-state index is 12.2. The number of amides is 1. The minimum Gasteiger partial charge on any atom is -0.476 e. The molecule has 0 spiro atoms. The van der Waals surface area contributed by atoms with Gasteiger partial charge in [-0.05, 0) is 24.3 Å². The van der Waals surface area contributed by atoms with Gasteiger partial charge in [0.2, 0.25) is 0 Å². The normalized spacial score (nSPS) is 14.8. The van der Waals surface area contributed by atoms with Crippen LogP contribution in [0.1, 0.15) is 26.9 Å². The van der Waals surface area contributed by atoms with Crippen molar-refractivity contribution in [2.24, 2.45) is 0 Å². The second kappa shape index (κ2) is 4.89. The number of carboxylic acids is 1. The first-order chi connectivity index (χ1) is 10.0. The van der Waals surface area contributed by atoms with Crippen molar-refractivity contribution < 1.29 is 14.7 Å². The summed E-state index contributed by atoms with van der Waals surface area (Å²) in [6.07, 6.45) is 1.37. The van der Waals surface area contributed by atoms with Crippen molar-refractivity contribution in [3.05, 3.63) is 41.7 Å². The molecule has 1 amide bonds. The van der Waals surface area contributed by atoms with Crippen molar-refractivity contribution in [3.63, 3.8) is 0 Å². The van der Waals surface area contributed by atoms with Crippen LogP contribution < -0.4 is 5.73 Å². The van der Waals surface area contributed by atoms with Crippen molar-refractivity contribution in [3.8, 4) is 0 Å². The maximum absolute atomic E-state index is 12.2. The highest BCUT2D eigenvalue weighted by Crippen LogP contribution is 2.22. The zero-order chi connectivity index (χ0) is 15.0. The van der Waals surface area contributed by atoms with Gasteiger partial charge in [-0.25, -0.2) is 9.48 Å². The van der Waals surface area contributed by atoms with Gasteiger partial charge in [-0.15, -0.1) is 5.10 Å². The van der Waals surface area contributed by atoms with E-state index in [-0.39, 0.29) is 17.6 Å². The number of carboxylic acid groups (broad SMARTS) is 1. The summed E-state index contributed by atoms with van der Waals surface area (Å²) in [4.78, 5) is 24.6. The number of aromatic nitrogens is 3. The highest BCUT2D eigenvalue weighted by molar-refractivity contribution is 5.95. The molecule has 1 fully saturated rings. The Morgan fingerprint density at radius 1 is 1.24 bits per heavy atom. The van der Waals surface area contributed by atoms with Crippen LogP contribution >= 0.6 is 0 Å². The molecule has 2 heterocycles. The summed E-state index contributed by atoms with van der Waals surface area (Å²) in [6, 6.07) is 6.69. The van der Waals surface area contributed by atoms with Crippen molar-refractivity contribution in [2.75, 3.05) is 18.8 Å². The van der Waals surface area contributed by atoms with Crippen LogP contribution in [0.15, 0.2) is 30.5 Å². The van der Waals surface area contributed by atoms with E-state index in [9.17, 15) is 9.59 Å². The van der Waals surface area contributed by atoms with Crippen molar-refractivity contribution in [2.45, 2.75) is 6.04 Å². The third kappa shape index (κ3) is 2.42. The molecule has 1 aromatic carbocycles. The lowest BCUT2D eigenvalue weighted by molar-refractivity contribution is 0.0497. The lowest BCUT2D eigenvalue weighted by Gasteiger charge is -2.38. The van der Waals surface area contributed by atoms with E-state index >= 15 is 0 Å². The van der Waals surface area contributed by atoms with Gasteiger partial charge < -0.3 is 15.7 Å². The van der Waals surface area contributed by atoms with Gasteiger partial charge in [0.25, 0.3) is 5.91 Å². The zero-order valence-corrected chi connectivity index (χ0v) is 11.0. The predicted octanol–water partition coefficient (Wildman–Crippen LogP) is 0.256. The van der Waals surface area contributed by atoms with Crippen LogP contribution in [0.3, 0.4) is 0 Å². The number of anilines is 1. The van der Waals surface area contributed by atoms with E-state index in [2.05, 4.69) is 10.3 Å². The molecule has 21 heavy (non-hydrogen) atoms. The number of likely N-dealkylation sites (tertiary alicyclic amines) is 1. The Labute approximate surface area is 119 Å². The SMILES string of the molecule is Nc1ccc(C(=O)N2CC(n3cc(C(=O)O)nn3)C2)cc1. The molecule has 1 aliphatic heterocycles.